The molecule has 172 valence electrons. The van der Waals surface area contributed by atoms with E-state index in [4.69, 9.17) is 0 Å². The first-order valence-corrected chi connectivity index (χ1v) is 13.2. The molecule has 0 fully saturated rings. The second kappa shape index (κ2) is 12.5. The average molecular weight is 706 g/mol. The number of halogens is 3. The highest BCUT2D eigenvalue weighted by molar-refractivity contribution is 14.1. The lowest BCUT2D eigenvalue weighted by molar-refractivity contribution is -0.118. The molecule has 0 aliphatic carbocycles. The van der Waals surface area contributed by atoms with Crippen LogP contribution in [0.5, 0.6) is 5.75 Å². The number of hydrogen-bond donors (Lipinski definition) is 3. The minimum atomic E-state index is -0.309. The zero-order valence-electron chi connectivity index (χ0n) is 17.1. The van der Waals surface area contributed by atoms with Crippen LogP contribution in [0.25, 0.3) is 0 Å². The third-order valence-corrected chi connectivity index (χ3v) is 6.93. The van der Waals surface area contributed by atoms with E-state index in [1.54, 1.807) is 18.2 Å². The highest BCUT2D eigenvalue weighted by atomic mass is 127. The summed E-state index contributed by atoms with van der Waals surface area (Å²) in [4.78, 5) is 12.2. The van der Waals surface area contributed by atoms with Crippen molar-refractivity contribution in [2.24, 2.45) is 5.10 Å². The number of hydrazone groups is 1. The van der Waals surface area contributed by atoms with Crippen LogP contribution < -0.4 is 10.7 Å². The van der Waals surface area contributed by atoms with Gasteiger partial charge in [0.1, 0.15) is 5.75 Å². The number of hydrogen-bond acceptors (Lipinski definition) is 7. The molecule has 12 heteroatoms. The van der Waals surface area contributed by atoms with Crippen molar-refractivity contribution in [3.63, 3.8) is 0 Å². The van der Waals surface area contributed by atoms with Crippen molar-refractivity contribution in [2.75, 3.05) is 11.1 Å². The fraction of sp³-hybridized carbons (Fsp3) is 0.143. The fourth-order valence-electron chi connectivity index (χ4n) is 2.64. The molecule has 0 bridgehead atoms. The van der Waals surface area contributed by atoms with Crippen LogP contribution >= 0.6 is 66.2 Å². The Morgan fingerprint density at radius 2 is 2.03 bits per heavy atom. The van der Waals surface area contributed by atoms with E-state index in [0.717, 1.165) is 19.6 Å². The maximum Gasteiger partial charge on any atom is 0.250 e. The number of carbonyl (C=O) groups excluding carboxylic acids is 1. The molecule has 0 saturated carbocycles. The van der Waals surface area contributed by atoms with Crippen molar-refractivity contribution < 1.29 is 9.90 Å². The van der Waals surface area contributed by atoms with Gasteiger partial charge in [-0.25, -0.2) is 5.43 Å². The first kappa shape index (κ1) is 25.7. The zero-order chi connectivity index (χ0) is 23.8. The van der Waals surface area contributed by atoms with Gasteiger partial charge in [-0.15, -0.1) is 16.8 Å². The fourth-order valence-corrected chi connectivity index (χ4v) is 5.02. The Labute approximate surface area is 225 Å². The van der Waals surface area contributed by atoms with Gasteiger partial charge in [-0.1, -0.05) is 33.8 Å². The van der Waals surface area contributed by atoms with E-state index < -0.39 is 0 Å². The van der Waals surface area contributed by atoms with Gasteiger partial charge < -0.3 is 15.0 Å². The molecule has 8 nitrogen and oxygen atoms in total. The molecule has 2 aromatic carbocycles. The van der Waals surface area contributed by atoms with Crippen molar-refractivity contribution in [1.82, 2.24) is 20.2 Å². The van der Waals surface area contributed by atoms with Crippen molar-refractivity contribution in [2.45, 2.75) is 18.2 Å². The molecule has 3 aromatic rings. The normalized spacial score (nSPS) is 11.0. The first-order chi connectivity index (χ1) is 15.9. The molecule has 1 heterocycles. The van der Waals surface area contributed by atoms with Gasteiger partial charge in [0.15, 0.2) is 11.0 Å². The Morgan fingerprint density at radius 1 is 1.27 bits per heavy atom. The third kappa shape index (κ3) is 7.55. The molecule has 1 amide bonds. The van der Waals surface area contributed by atoms with E-state index >= 15 is 0 Å². The number of aromatic hydroxyl groups is 1. The van der Waals surface area contributed by atoms with Gasteiger partial charge in [0.05, 0.1) is 23.0 Å². The van der Waals surface area contributed by atoms with Gasteiger partial charge in [-0.05, 0) is 74.9 Å². The molecule has 1 aromatic heterocycles. The van der Waals surface area contributed by atoms with Gasteiger partial charge in [0, 0.05) is 25.8 Å². The second-order valence-corrected chi connectivity index (χ2v) is 10.5. The van der Waals surface area contributed by atoms with Crippen molar-refractivity contribution in [3.8, 4) is 5.75 Å². The van der Waals surface area contributed by atoms with Crippen LogP contribution in [0.1, 0.15) is 11.4 Å². The maximum absolute atomic E-state index is 12.2. The summed E-state index contributed by atoms with van der Waals surface area (Å²) in [6, 6.07) is 11.5. The average Bonchev–Trinajstić information content (AvgIpc) is 3.17. The number of phenolic OH excluding ortho intramolecular Hbond substituents is 1. The summed E-state index contributed by atoms with van der Waals surface area (Å²) in [5, 5.41) is 26.4. The predicted molar refractivity (Wildman–Crippen MR) is 147 cm³/mol. The topological polar surface area (TPSA) is 104 Å². The summed E-state index contributed by atoms with van der Waals surface area (Å²) in [6.45, 7) is 4.81. The Hall–Kier alpha value is -1.90. The largest absolute Gasteiger partial charge is 0.506 e. The quantitative estimate of drug-likeness (QED) is 0.0887. The van der Waals surface area contributed by atoms with Crippen LogP contribution in [0.15, 0.2) is 68.3 Å². The number of anilines is 1. The van der Waals surface area contributed by atoms with Gasteiger partial charge >= 0.3 is 0 Å². The summed E-state index contributed by atoms with van der Waals surface area (Å²) >= 11 is 10.1. The number of rotatable bonds is 10. The zero-order valence-corrected chi connectivity index (χ0v) is 23.3. The summed E-state index contributed by atoms with van der Waals surface area (Å²) in [5.41, 5.74) is 3.90. The molecule has 0 spiro atoms. The monoisotopic (exact) mass is 704 g/mol. The molecule has 0 aliphatic rings. The maximum atomic E-state index is 12.2. The van der Waals surface area contributed by atoms with E-state index in [9.17, 15) is 9.90 Å². The van der Waals surface area contributed by atoms with Gasteiger partial charge in [0.2, 0.25) is 0 Å². The summed E-state index contributed by atoms with van der Waals surface area (Å²) in [5.74, 6) is 0.571. The number of phenols is 1. The molecule has 33 heavy (non-hydrogen) atoms. The van der Waals surface area contributed by atoms with E-state index in [-0.39, 0.29) is 17.4 Å². The van der Waals surface area contributed by atoms with Crippen molar-refractivity contribution >= 4 is 84.0 Å². The summed E-state index contributed by atoms with van der Waals surface area (Å²) in [6.07, 6.45) is 3.14. The number of nitrogens with one attached hydrogen (secondary N) is 2. The Kier molecular flexibility index (Phi) is 9.77. The predicted octanol–water partition coefficient (Wildman–Crippen LogP) is 5.15. The Bertz CT molecular complexity index is 1170. The number of aromatic nitrogens is 3. The van der Waals surface area contributed by atoms with Crippen LogP contribution in [-0.2, 0) is 17.9 Å². The van der Waals surface area contributed by atoms with E-state index in [1.165, 1.54) is 18.0 Å². The van der Waals surface area contributed by atoms with E-state index in [1.807, 2.05) is 28.8 Å². The molecule has 0 saturated heterocycles. The lowest BCUT2D eigenvalue weighted by Crippen LogP contribution is -2.20. The number of carbonyl (C=O) groups is 1. The molecular formula is C21H19Br2IN6O2S. The smallest absolute Gasteiger partial charge is 0.250 e. The number of allylic oxidation sites excluding steroid dienone is 1. The summed E-state index contributed by atoms with van der Waals surface area (Å²) in [7, 11) is 0. The number of thioether (sulfide) groups is 1. The number of benzene rings is 2. The van der Waals surface area contributed by atoms with E-state index in [2.05, 4.69) is 87.1 Å². The molecule has 3 N–H and O–H groups in total. The molecule has 0 unspecified atom stereocenters. The molecule has 3 rings (SSSR count). The van der Waals surface area contributed by atoms with Crippen LogP contribution in [0.4, 0.5) is 5.69 Å². The molecule has 0 aliphatic heterocycles. The van der Waals surface area contributed by atoms with Crippen molar-refractivity contribution in [1.29, 1.82) is 0 Å². The molecular weight excluding hydrogens is 687 g/mol. The second-order valence-electron chi connectivity index (χ2n) is 6.57. The SMILES string of the molecule is C=CCn1c(CNc2ccc(I)cc2)nnc1SCC(=O)N/N=C\c1cc(Br)cc(Br)c1O. The molecule has 0 radical (unpaired) electrons. The Morgan fingerprint density at radius 3 is 2.76 bits per heavy atom. The minimum Gasteiger partial charge on any atom is -0.506 e. The highest BCUT2D eigenvalue weighted by Gasteiger charge is 2.13. The number of nitrogens with zero attached hydrogens (tertiary/aromatic N) is 4. The third-order valence-electron chi connectivity index (χ3n) is 4.18. The lowest BCUT2D eigenvalue weighted by atomic mass is 10.2. The lowest BCUT2D eigenvalue weighted by Gasteiger charge is -2.09. The van der Waals surface area contributed by atoms with Gasteiger partial charge in [-0.3, -0.25) is 4.79 Å². The van der Waals surface area contributed by atoms with Crippen LogP contribution in [0, 0.1) is 3.57 Å². The van der Waals surface area contributed by atoms with Crippen LogP contribution in [0.3, 0.4) is 0 Å². The van der Waals surface area contributed by atoms with E-state index in [0.29, 0.717) is 28.3 Å². The first-order valence-electron chi connectivity index (χ1n) is 9.52. The highest BCUT2D eigenvalue weighted by Crippen LogP contribution is 2.30. The minimum absolute atomic E-state index is 0.0366. The molecule has 0 atom stereocenters. The van der Waals surface area contributed by atoms with Gasteiger partial charge in [-0.2, -0.15) is 5.10 Å². The van der Waals surface area contributed by atoms with Crippen LogP contribution in [0.2, 0.25) is 0 Å². The van der Waals surface area contributed by atoms with Crippen LogP contribution in [-0.4, -0.2) is 37.7 Å². The Balaban J connectivity index is 1.57. The number of amides is 1. The van der Waals surface area contributed by atoms with Crippen molar-refractivity contribution in [3.05, 3.63) is 73.0 Å². The standard InChI is InChI=1S/C21H19Br2IN6O2S/c1-2-7-30-18(11-25-16-5-3-15(24)4-6-16)27-29-21(30)33-12-19(31)28-26-10-13-8-14(22)9-17(23)20(13)32/h2-6,8-10,25,32H,1,7,11-12H2,(H,28,31)/b26-10-. The van der Waals surface area contributed by atoms with Gasteiger partial charge in [0.25, 0.3) is 5.91 Å². The summed E-state index contributed by atoms with van der Waals surface area (Å²) < 4.78 is 4.36.